The van der Waals surface area contributed by atoms with Gasteiger partial charge in [-0.25, -0.2) is 0 Å². The number of hydrogen-bond acceptors (Lipinski definition) is 1. The fourth-order valence-corrected chi connectivity index (χ4v) is 3.98. The van der Waals surface area contributed by atoms with Crippen LogP contribution in [0.3, 0.4) is 0 Å². The van der Waals surface area contributed by atoms with Gasteiger partial charge in [0.2, 0.25) is 0 Å². The average molecular weight is 386 g/mol. The third-order valence-electron chi connectivity index (χ3n) is 5.53. The fraction of sp³-hybridized carbons (Fsp3) is 0.0345. The molecular formula is C29H23N. The van der Waals surface area contributed by atoms with E-state index >= 15 is 0 Å². The summed E-state index contributed by atoms with van der Waals surface area (Å²) in [5.41, 5.74) is 7.31. The molecule has 5 rings (SSSR count). The van der Waals surface area contributed by atoms with Crippen LogP contribution < -0.4 is 4.90 Å². The quantitative estimate of drug-likeness (QED) is 0.341. The van der Waals surface area contributed by atoms with Gasteiger partial charge in [0, 0.05) is 11.4 Å². The molecule has 0 saturated heterocycles. The maximum absolute atomic E-state index is 2.38. The lowest BCUT2D eigenvalue weighted by atomic mass is 10.0. The summed E-state index contributed by atoms with van der Waals surface area (Å²) < 4.78 is 0. The van der Waals surface area contributed by atoms with Crippen LogP contribution >= 0.6 is 0 Å². The molecule has 0 bridgehead atoms. The van der Waals surface area contributed by atoms with Gasteiger partial charge in [-0.1, -0.05) is 109 Å². The van der Waals surface area contributed by atoms with Crippen molar-refractivity contribution in [3.05, 3.63) is 133 Å². The minimum atomic E-state index is 0.218. The highest BCUT2D eigenvalue weighted by molar-refractivity contribution is 5.73. The highest BCUT2D eigenvalue weighted by Crippen LogP contribution is 2.33. The second-order valence-corrected chi connectivity index (χ2v) is 7.46. The maximum atomic E-state index is 2.38. The van der Waals surface area contributed by atoms with Crippen LogP contribution in [-0.2, 0) is 0 Å². The Bertz CT molecular complexity index is 1060. The molecule has 0 amide bonds. The number of allylic oxidation sites excluding steroid dienone is 2. The lowest BCUT2D eigenvalue weighted by Crippen LogP contribution is -2.26. The van der Waals surface area contributed by atoms with Gasteiger partial charge in [0.05, 0.1) is 6.04 Å². The van der Waals surface area contributed by atoms with E-state index in [1.807, 2.05) is 0 Å². The van der Waals surface area contributed by atoms with Crippen LogP contribution in [0.25, 0.3) is 22.3 Å². The fourth-order valence-electron chi connectivity index (χ4n) is 3.98. The highest BCUT2D eigenvalue weighted by atomic mass is 15.2. The van der Waals surface area contributed by atoms with Gasteiger partial charge in [0.1, 0.15) is 0 Å². The summed E-state index contributed by atoms with van der Waals surface area (Å²) in [6, 6.07) is 38.9. The molecule has 0 N–H and O–H groups in total. The molecule has 144 valence electrons. The number of benzene rings is 4. The highest BCUT2D eigenvalue weighted by Gasteiger charge is 2.18. The Morgan fingerprint density at radius 3 is 1.17 bits per heavy atom. The standard InChI is InChI=1S/C29H23N/c1-3-9-23(10-4-1)25-15-19-28(20-16-25)30(27-13-7-8-14-27)29-21-17-26(18-22-29)24-11-5-2-6-12-24/h1-22,27H. The van der Waals surface area contributed by atoms with E-state index in [9.17, 15) is 0 Å². The number of nitrogens with zero attached hydrogens (tertiary/aromatic N) is 1. The summed E-state index contributed by atoms with van der Waals surface area (Å²) in [5, 5.41) is 0. The van der Waals surface area contributed by atoms with Crippen molar-refractivity contribution in [1.29, 1.82) is 0 Å². The second kappa shape index (κ2) is 8.26. The zero-order valence-corrected chi connectivity index (χ0v) is 16.7. The topological polar surface area (TPSA) is 3.24 Å². The van der Waals surface area contributed by atoms with E-state index in [2.05, 4.69) is 138 Å². The third kappa shape index (κ3) is 3.70. The minimum absolute atomic E-state index is 0.218. The molecule has 0 radical (unpaired) electrons. The minimum Gasteiger partial charge on any atom is -0.331 e. The van der Waals surface area contributed by atoms with E-state index in [0.717, 1.165) is 0 Å². The van der Waals surface area contributed by atoms with Crippen LogP contribution in [0, 0.1) is 0 Å². The smallest absolute Gasteiger partial charge is 0.0712 e. The number of rotatable bonds is 5. The SMILES string of the molecule is C1=CC(N(c2ccc(-c3ccccc3)cc2)c2ccc(-c3ccccc3)cc2)C=C1. The largest absolute Gasteiger partial charge is 0.331 e. The van der Waals surface area contributed by atoms with E-state index in [0.29, 0.717) is 0 Å². The van der Waals surface area contributed by atoms with E-state index in [1.54, 1.807) is 0 Å². The summed E-state index contributed by atoms with van der Waals surface area (Å²) in [5.74, 6) is 0. The van der Waals surface area contributed by atoms with Gasteiger partial charge in [-0.05, 0) is 46.5 Å². The van der Waals surface area contributed by atoms with Crippen LogP contribution in [-0.4, -0.2) is 6.04 Å². The Morgan fingerprint density at radius 2 is 0.767 bits per heavy atom. The molecule has 0 atom stereocenters. The van der Waals surface area contributed by atoms with Crippen molar-refractivity contribution in [3.8, 4) is 22.3 Å². The predicted octanol–water partition coefficient (Wildman–Crippen LogP) is 7.65. The first-order valence-corrected chi connectivity index (χ1v) is 10.3. The Kier molecular flexibility index (Phi) is 5.01. The van der Waals surface area contributed by atoms with Crippen molar-refractivity contribution in [1.82, 2.24) is 0 Å². The Balaban J connectivity index is 1.49. The summed E-state index contributed by atoms with van der Waals surface area (Å²) in [7, 11) is 0. The first-order valence-electron chi connectivity index (χ1n) is 10.3. The lowest BCUT2D eigenvalue weighted by Gasteiger charge is -2.29. The summed E-state index contributed by atoms with van der Waals surface area (Å²) in [6.07, 6.45) is 8.70. The average Bonchev–Trinajstić information content (AvgIpc) is 3.36. The predicted molar refractivity (Wildman–Crippen MR) is 128 cm³/mol. The molecule has 30 heavy (non-hydrogen) atoms. The Labute approximate surface area is 178 Å². The van der Waals surface area contributed by atoms with E-state index in [-0.39, 0.29) is 6.04 Å². The molecule has 0 unspecified atom stereocenters. The number of anilines is 2. The third-order valence-corrected chi connectivity index (χ3v) is 5.53. The van der Waals surface area contributed by atoms with Gasteiger partial charge < -0.3 is 4.90 Å². The number of hydrogen-bond donors (Lipinski definition) is 0. The first kappa shape index (κ1) is 18.2. The van der Waals surface area contributed by atoms with Gasteiger partial charge >= 0.3 is 0 Å². The first-order chi connectivity index (χ1) is 14.9. The lowest BCUT2D eigenvalue weighted by molar-refractivity contribution is 0.955. The van der Waals surface area contributed by atoms with Crippen molar-refractivity contribution in [2.75, 3.05) is 4.90 Å². The van der Waals surface area contributed by atoms with E-state index in [1.165, 1.54) is 33.6 Å². The Morgan fingerprint density at radius 1 is 0.400 bits per heavy atom. The van der Waals surface area contributed by atoms with Crippen molar-refractivity contribution < 1.29 is 0 Å². The normalized spacial score (nSPS) is 12.9. The van der Waals surface area contributed by atoms with Crippen LogP contribution in [0.2, 0.25) is 0 Å². The zero-order chi connectivity index (χ0) is 20.2. The molecule has 0 aliphatic heterocycles. The van der Waals surface area contributed by atoms with Gasteiger partial charge in [-0.15, -0.1) is 0 Å². The van der Waals surface area contributed by atoms with E-state index in [4.69, 9.17) is 0 Å². The molecule has 4 aromatic carbocycles. The molecule has 1 aliphatic rings. The molecule has 1 aliphatic carbocycles. The Hall–Kier alpha value is -3.84. The molecule has 0 fully saturated rings. The molecular weight excluding hydrogens is 362 g/mol. The monoisotopic (exact) mass is 385 g/mol. The molecule has 0 heterocycles. The van der Waals surface area contributed by atoms with Crippen LogP contribution in [0.4, 0.5) is 11.4 Å². The van der Waals surface area contributed by atoms with Crippen molar-refractivity contribution in [3.63, 3.8) is 0 Å². The van der Waals surface area contributed by atoms with Gasteiger partial charge in [0.25, 0.3) is 0 Å². The van der Waals surface area contributed by atoms with Crippen LogP contribution in [0.15, 0.2) is 133 Å². The molecule has 1 heteroatoms. The molecule has 0 aromatic heterocycles. The molecule has 0 saturated carbocycles. The van der Waals surface area contributed by atoms with Gasteiger partial charge in [0.15, 0.2) is 0 Å². The van der Waals surface area contributed by atoms with Gasteiger partial charge in [-0.2, -0.15) is 0 Å². The van der Waals surface area contributed by atoms with E-state index < -0.39 is 0 Å². The second-order valence-electron chi connectivity index (χ2n) is 7.46. The van der Waals surface area contributed by atoms with Crippen molar-refractivity contribution in [2.45, 2.75) is 6.04 Å². The summed E-state index contributed by atoms with van der Waals surface area (Å²) in [4.78, 5) is 2.38. The van der Waals surface area contributed by atoms with Crippen molar-refractivity contribution in [2.24, 2.45) is 0 Å². The molecule has 4 aromatic rings. The summed E-state index contributed by atoms with van der Waals surface area (Å²) in [6.45, 7) is 0. The maximum Gasteiger partial charge on any atom is 0.0712 e. The van der Waals surface area contributed by atoms with Crippen molar-refractivity contribution >= 4 is 11.4 Å². The zero-order valence-electron chi connectivity index (χ0n) is 16.7. The van der Waals surface area contributed by atoms with Crippen LogP contribution in [0.1, 0.15) is 0 Å². The summed E-state index contributed by atoms with van der Waals surface area (Å²) >= 11 is 0. The molecule has 1 nitrogen and oxygen atoms in total. The van der Waals surface area contributed by atoms with Gasteiger partial charge in [-0.3, -0.25) is 0 Å². The van der Waals surface area contributed by atoms with Crippen LogP contribution in [0.5, 0.6) is 0 Å². The molecule has 0 spiro atoms.